The Morgan fingerprint density at radius 3 is 2.72 bits per heavy atom. The average Bonchev–Trinajstić information content (AvgIpc) is 2.88. The predicted molar refractivity (Wildman–Crippen MR) is 75.7 cm³/mol. The van der Waals surface area contributed by atoms with Crippen molar-refractivity contribution >= 4 is 17.3 Å². The van der Waals surface area contributed by atoms with Gasteiger partial charge in [-0.25, -0.2) is 0 Å². The summed E-state index contributed by atoms with van der Waals surface area (Å²) in [5.74, 6) is -0.135. The van der Waals surface area contributed by atoms with Crippen molar-refractivity contribution < 1.29 is 9.53 Å². The maximum absolute atomic E-state index is 12.1. The molecule has 1 aromatic heterocycles. The molecule has 0 amide bonds. The van der Waals surface area contributed by atoms with Crippen molar-refractivity contribution in [1.29, 1.82) is 0 Å². The van der Waals surface area contributed by atoms with E-state index in [-0.39, 0.29) is 5.97 Å². The molecule has 2 N–H and O–H groups in total. The molecule has 1 atom stereocenters. The molecule has 0 spiro atoms. The zero-order valence-corrected chi connectivity index (χ0v) is 12.1. The van der Waals surface area contributed by atoms with Gasteiger partial charge < -0.3 is 10.5 Å². The second-order valence-electron chi connectivity index (χ2n) is 4.59. The van der Waals surface area contributed by atoms with Gasteiger partial charge in [-0.1, -0.05) is 13.3 Å². The second-order valence-corrected chi connectivity index (χ2v) is 5.37. The minimum Gasteiger partial charge on any atom is -0.466 e. The van der Waals surface area contributed by atoms with Gasteiger partial charge in [-0.2, -0.15) is 11.3 Å². The lowest BCUT2D eigenvalue weighted by molar-refractivity contribution is -0.155. The third-order valence-corrected chi connectivity index (χ3v) is 4.03. The van der Waals surface area contributed by atoms with Crippen LogP contribution >= 0.6 is 11.3 Å². The van der Waals surface area contributed by atoms with E-state index in [1.54, 1.807) is 11.3 Å². The molecule has 0 bridgehead atoms. The molecule has 1 rings (SSSR count). The van der Waals surface area contributed by atoms with Crippen LogP contribution in [0, 0.1) is 5.41 Å². The molecule has 18 heavy (non-hydrogen) atoms. The van der Waals surface area contributed by atoms with Gasteiger partial charge in [-0.05, 0) is 48.6 Å². The maximum Gasteiger partial charge on any atom is 0.313 e. The average molecular weight is 269 g/mol. The van der Waals surface area contributed by atoms with E-state index in [1.807, 2.05) is 6.92 Å². The Kier molecular flexibility index (Phi) is 6.36. The molecule has 102 valence electrons. The number of rotatable bonds is 8. The summed E-state index contributed by atoms with van der Waals surface area (Å²) in [6, 6.07) is 2.10. The molecular weight excluding hydrogens is 246 g/mol. The summed E-state index contributed by atoms with van der Waals surface area (Å²) < 4.78 is 5.20. The van der Waals surface area contributed by atoms with E-state index >= 15 is 0 Å². The Morgan fingerprint density at radius 2 is 2.22 bits per heavy atom. The molecule has 0 saturated carbocycles. The standard InChI is InChI=1S/C14H23NO2S/c1-3-7-14(11-15,13(16)17-4-2)8-5-12-6-9-18-10-12/h6,9-10H,3-5,7-8,11,15H2,1-2H3. The van der Waals surface area contributed by atoms with Crippen LogP contribution in [-0.4, -0.2) is 19.1 Å². The lowest BCUT2D eigenvalue weighted by Crippen LogP contribution is -2.40. The summed E-state index contributed by atoms with van der Waals surface area (Å²) in [6.45, 7) is 4.70. The molecule has 4 heteroatoms. The zero-order valence-electron chi connectivity index (χ0n) is 11.3. The van der Waals surface area contributed by atoms with E-state index in [0.717, 1.165) is 25.7 Å². The molecule has 0 aliphatic heterocycles. The lowest BCUT2D eigenvalue weighted by Gasteiger charge is -2.29. The van der Waals surface area contributed by atoms with E-state index in [9.17, 15) is 4.79 Å². The van der Waals surface area contributed by atoms with Gasteiger partial charge in [0.15, 0.2) is 0 Å². The van der Waals surface area contributed by atoms with Crippen molar-refractivity contribution in [3.05, 3.63) is 22.4 Å². The third kappa shape index (κ3) is 3.82. The summed E-state index contributed by atoms with van der Waals surface area (Å²) >= 11 is 1.68. The van der Waals surface area contributed by atoms with Crippen LogP contribution in [0.25, 0.3) is 0 Å². The SMILES string of the molecule is CCCC(CN)(CCc1ccsc1)C(=O)OCC. The van der Waals surface area contributed by atoms with Gasteiger partial charge in [0.2, 0.25) is 0 Å². The van der Waals surface area contributed by atoms with Crippen LogP contribution in [0.15, 0.2) is 16.8 Å². The number of aryl methyl sites for hydroxylation is 1. The number of esters is 1. The number of carbonyl (C=O) groups excluding carboxylic acids is 1. The Balaban J connectivity index is 2.72. The minimum absolute atomic E-state index is 0.135. The van der Waals surface area contributed by atoms with Crippen LogP contribution in [0.5, 0.6) is 0 Å². The largest absolute Gasteiger partial charge is 0.466 e. The van der Waals surface area contributed by atoms with E-state index in [1.165, 1.54) is 5.56 Å². The fraction of sp³-hybridized carbons (Fsp3) is 0.643. The molecule has 3 nitrogen and oxygen atoms in total. The first-order valence-corrected chi connectivity index (χ1v) is 7.51. The van der Waals surface area contributed by atoms with Crippen LogP contribution in [0.4, 0.5) is 0 Å². The van der Waals surface area contributed by atoms with Crippen LogP contribution in [0.3, 0.4) is 0 Å². The minimum atomic E-state index is -0.507. The third-order valence-electron chi connectivity index (χ3n) is 3.30. The summed E-state index contributed by atoms with van der Waals surface area (Å²) in [4.78, 5) is 12.1. The van der Waals surface area contributed by atoms with Crippen molar-refractivity contribution in [1.82, 2.24) is 0 Å². The van der Waals surface area contributed by atoms with Crippen molar-refractivity contribution in [2.24, 2.45) is 11.1 Å². The smallest absolute Gasteiger partial charge is 0.313 e. The zero-order chi connectivity index (χ0) is 13.4. The van der Waals surface area contributed by atoms with Gasteiger partial charge in [0, 0.05) is 6.54 Å². The molecule has 1 unspecified atom stereocenters. The topological polar surface area (TPSA) is 52.3 Å². The van der Waals surface area contributed by atoms with Crippen LogP contribution < -0.4 is 5.73 Å². The Morgan fingerprint density at radius 1 is 1.44 bits per heavy atom. The number of carbonyl (C=O) groups is 1. The van der Waals surface area contributed by atoms with Crippen molar-refractivity contribution in [3.8, 4) is 0 Å². The van der Waals surface area contributed by atoms with Crippen LogP contribution in [0.2, 0.25) is 0 Å². The number of hydrogen-bond acceptors (Lipinski definition) is 4. The summed E-state index contributed by atoms with van der Waals surface area (Å²) in [7, 11) is 0. The molecule has 0 radical (unpaired) electrons. The van der Waals surface area contributed by atoms with Crippen molar-refractivity contribution in [3.63, 3.8) is 0 Å². The maximum atomic E-state index is 12.1. The van der Waals surface area contributed by atoms with Gasteiger partial charge in [0.05, 0.1) is 12.0 Å². The summed E-state index contributed by atoms with van der Waals surface area (Å²) in [5, 5.41) is 4.18. The molecule has 0 fully saturated rings. The first kappa shape index (κ1) is 15.2. The van der Waals surface area contributed by atoms with Crippen LogP contribution in [-0.2, 0) is 16.0 Å². The Labute approximate surface area is 113 Å². The molecular formula is C14H23NO2S. The highest BCUT2D eigenvalue weighted by molar-refractivity contribution is 7.07. The van der Waals surface area contributed by atoms with E-state index in [4.69, 9.17) is 10.5 Å². The molecule has 0 aliphatic carbocycles. The Hall–Kier alpha value is -0.870. The van der Waals surface area contributed by atoms with Crippen LogP contribution in [0.1, 0.15) is 38.7 Å². The van der Waals surface area contributed by atoms with Crippen molar-refractivity contribution in [2.75, 3.05) is 13.2 Å². The highest BCUT2D eigenvalue weighted by Crippen LogP contribution is 2.31. The van der Waals surface area contributed by atoms with Crippen molar-refractivity contribution in [2.45, 2.75) is 39.5 Å². The normalized spacial score (nSPS) is 14.2. The van der Waals surface area contributed by atoms with E-state index < -0.39 is 5.41 Å². The fourth-order valence-corrected chi connectivity index (χ4v) is 2.90. The molecule has 0 saturated heterocycles. The highest BCUT2D eigenvalue weighted by atomic mass is 32.1. The van der Waals surface area contributed by atoms with E-state index in [0.29, 0.717) is 13.2 Å². The number of thiophene rings is 1. The monoisotopic (exact) mass is 269 g/mol. The van der Waals surface area contributed by atoms with Gasteiger partial charge in [-0.15, -0.1) is 0 Å². The van der Waals surface area contributed by atoms with Gasteiger partial charge in [-0.3, -0.25) is 4.79 Å². The first-order valence-electron chi connectivity index (χ1n) is 6.57. The molecule has 1 heterocycles. The first-order chi connectivity index (χ1) is 8.68. The number of nitrogens with two attached hydrogens (primary N) is 1. The van der Waals surface area contributed by atoms with Gasteiger partial charge >= 0.3 is 5.97 Å². The van der Waals surface area contributed by atoms with E-state index in [2.05, 4.69) is 23.8 Å². The number of hydrogen-bond donors (Lipinski definition) is 1. The summed E-state index contributed by atoms with van der Waals surface area (Å²) in [6.07, 6.45) is 3.40. The second kappa shape index (κ2) is 7.54. The number of ether oxygens (including phenoxy) is 1. The van der Waals surface area contributed by atoms with Gasteiger partial charge in [0.25, 0.3) is 0 Å². The predicted octanol–water partition coefficient (Wildman–Crippen LogP) is 2.99. The van der Waals surface area contributed by atoms with Gasteiger partial charge in [0.1, 0.15) is 0 Å². The Bertz CT molecular complexity index is 351. The molecule has 1 aromatic rings. The fourth-order valence-electron chi connectivity index (χ4n) is 2.20. The molecule has 0 aromatic carbocycles. The summed E-state index contributed by atoms with van der Waals surface area (Å²) in [5.41, 5.74) is 6.64. The molecule has 0 aliphatic rings. The quantitative estimate of drug-likeness (QED) is 0.738. The lowest BCUT2D eigenvalue weighted by atomic mass is 9.78. The highest BCUT2D eigenvalue weighted by Gasteiger charge is 2.37.